The van der Waals surface area contributed by atoms with E-state index in [0.29, 0.717) is 75.3 Å². The zero-order valence-corrected chi connectivity index (χ0v) is 70.7. The van der Waals surface area contributed by atoms with E-state index in [2.05, 4.69) is 161 Å². The van der Waals surface area contributed by atoms with Crippen molar-refractivity contribution in [1.29, 1.82) is 0 Å². The number of furan rings is 1. The molecule has 0 radical (unpaired) electrons. The molecule has 0 bridgehead atoms. The standard InChI is InChI=1S/C26H29N3O4.C25H30N4O.C25H21N3O3.C21H21N3O/c1-15-10-16(2)27-19(15)13-21-24(32-7)14-20(28-21)23-12-17-11-18(31-6)8-9-22(17)29(23)25(30)33-26(3,4)5;1-6-30-24-15-23(27-22(24)14-21-16(2)13-17(3)26-21)25-19(11-12-29(4)5)18-9-7-8-10-20(18)28-25;1-14-10-15(2)26-19(14)11-20-22(30-3)12-21(27-20)24-23(25(29)16-8-9-31-13-16)17-6-4-5-7-18(17)28-24;1-4-25-21-12-19(18-10-15-7-5-6-8-16(15)23-18)24-20(21)11-17-13(2)9-14(3)22-17/h8-14,27H,1-7H3;7-10,13-15,26-27H,6,11-12H2,1-5H3;4-13,26-27H,1-3H3;5-12,22,24H,4H2,1-3H3/b21-13-;22-14-,25-23?;20-11-,24-21?;19-18?,20-11-. The first-order chi connectivity index (χ1) is 57.2. The highest BCUT2D eigenvalue weighted by molar-refractivity contribution is 6.35. The number of carbonyl (C=O) groups is 2. The van der Waals surface area contributed by atoms with Crippen LogP contribution >= 0.6 is 0 Å². The minimum Gasteiger partial charge on any atom is -0.497 e. The summed E-state index contributed by atoms with van der Waals surface area (Å²) in [7, 11) is 9.06. The number of benzene rings is 4. The van der Waals surface area contributed by atoms with E-state index in [1.54, 1.807) is 32.0 Å². The van der Waals surface area contributed by atoms with Crippen LogP contribution in [0.5, 0.6) is 23.0 Å². The number of nitrogens with one attached hydrogen (secondary N) is 7. The zero-order chi connectivity index (χ0) is 84.1. The van der Waals surface area contributed by atoms with Crippen LogP contribution in [-0.2, 0) is 9.47 Å². The molecule has 4 aliphatic heterocycles. The quantitative estimate of drug-likeness (QED) is 0.0424. The third-order valence-corrected chi connectivity index (χ3v) is 20.4. The smallest absolute Gasteiger partial charge is 0.419 e. The first-order valence-electron chi connectivity index (χ1n) is 39.8. The molecular formula is C97H101N13O9. The van der Waals surface area contributed by atoms with Gasteiger partial charge in [0.25, 0.3) is 0 Å². The number of H-pyrrole nitrogens is 7. The van der Waals surface area contributed by atoms with Gasteiger partial charge in [-0.2, -0.15) is 0 Å². The van der Waals surface area contributed by atoms with Crippen molar-refractivity contribution in [3.63, 3.8) is 0 Å². The highest BCUT2D eigenvalue weighted by Gasteiger charge is 2.29. The molecule has 119 heavy (non-hydrogen) atoms. The van der Waals surface area contributed by atoms with Crippen molar-refractivity contribution in [2.24, 2.45) is 20.0 Å². The monoisotopic (exact) mass is 1590 g/mol. The Labute approximate surface area is 688 Å². The van der Waals surface area contributed by atoms with Gasteiger partial charge in [0.05, 0.1) is 134 Å². The molecule has 22 nitrogen and oxygen atoms in total. The van der Waals surface area contributed by atoms with Gasteiger partial charge in [-0.1, -0.05) is 54.6 Å². The summed E-state index contributed by atoms with van der Waals surface area (Å²) in [5.74, 6) is 3.56. The number of hydrogen-bond donors (Lipinski definition) is 7. The van der Waals surface area contributed by atoms with Crippen molar-refractivity contribution in [2.45, 2.75) is 102 Å². The maximum atomic E-state index is 13.3. The van der Waals surface area contributed by atoms with Gasteiger partial charge < -0.3 is 72.6 Å². The summed E-state index contributed by atoms with van der Waals surface area (Å²) in [6.45, 7) is 28.2. The second-order valence-electron chi connectivity index (χ2n) is 31.0. The Balaban J connectivity index is 0.000000131. The second kappa shape index (κ2) is 34.9. The Morgan fingerprint density at radius 2 is 1.04 bits per heavy atom. The molecule has 0 fully saturated rings. The Morgan fingerprint density at radius 3 is 1.57 bits per heavy atom. The molecule has 9 aromatic heterocycles. The van der Waals surface area contributed by atoms with E-state index in [1.807, 2.05) is 159 Å². The number of aromatic amines is 7. The number of aliphatic imine (C=N–C) groups is 1. The molecule has 4 aromatic carbocycles. The molecule has 0 unspecified atom stereocenters. The summed E-state index contributed by atoms with van der Waals surface area (Å²) in [5.41, 5.74) is 20.1. The molecule has 608 valence electrons. The van der Waals surface area contributed by atoms with E-state index >= 15 is 0 Å². The third kappa shape index (κ3) is 18.1. The number of Topliss-reactive ketones (excluding diaryl/α,β-unsaturated/α-hetero) is 1. The highest BCUT2D eigenvalue weighted by atomic mass is 16.6. The molecule has 0 atom stereocenters. The lowest BCUT2D eigenvalue weighted by Gasteiger charge is -2.20. The van der Waals surface area contributed by atoms with Crippen molar-refractivity contribution in [3.05, 3.63) is 319 Å². The number of ether oxygens (including phenoxy) is 6. The normalized spacial score (nSPS) is 15.4. The molecule has 0 amide bonds. The SMILES string of the molecule is CCOc1cc(=C2C=c3ccccc3=N2)[nH]/c1=C\c1[nH]c(C)cc1C.CCOc1cc(=C2N=c3ccccc3=C2CCN(C)C)[nH]/c1=C\c1[nH]c(C)cc1C.COC1=CC(c2cc3cc(OC)ccc3n2C(=O)OC(C)(C)C)=N/C1=C\c1[nH]c(C)cc1C.COc1cc(=C2N=c3ccccc3=C2C(=O)c2ccoc2)[nH]/c1=C\c1[nH]c(C)cc1C. The van der Waals surface area contributed by atoms with Crippen molar-refractivity contribution in [3.8, 4) is 23.0 Å². The van der Waals surface area contributed by atoms with Crippen LogP contribution in [0.4, 0.5) is 4.79 Å². The summed E-state index contributed by atoms with van der Waals surface area (Å²) in [6.07, 6.45) is 15.5. The number of carbonyl (C=O) groups excluding carboxylic acids is 2. The van der Waals surface area contributed by atoms with Crippen molar-refractivity contribution < 1.29 is 42.4 Å². The average Bonchev–Trinajstić information content (AvgIpc) is 1.62. The summed E-state index contributed by atoms with van der Waals surface area (Å²) in [4.78, 5) is 72.0. The second-order valence-corrected chi connectivity index (χ2v) is 31.0. The number of nitrogens with zero attached hydrogens (tertiary/aromatic N) is 6. The van der Waals surface area contributed by atoms with Gasteiger partial charge in [-0.05, 0) is 242 Å². The molecule has 0 saturated heterocycles. The molecule has 22 heteroatoms. The van der Waals surface area contributed by atoms with Crippen LogP contribution in [0.25, 0.3) is 69.5 Å². The number of aromatic nitrogens is 8. The van der Waals surface area contributed by atoms with Crippen molar-refractivity contribution >= 4 is 87.1 Å². The maximum absolute atomic E-state index is 13.3. The van der Waals surface area contributed by atoms with Gasteiger partial charge in [0.2, 0.25) is 0 Å². The van der Waals surface area contributed by atoms with Crippen LogP contribution in [-0.4, -0.2) is 123 Å². The summed E-state index contributed by atoms with van der Waals surface area (Å²) >= 11 is 0. The number of allylic oxidation sites excluding steroid dienone is 1. The van der Waals surface area contributed by atoms with Crippen LogP contribution in [0, 0.1) is 55.4 Å². The van der Waals surface area contributed by atoms with Crippen LogP contribution in [0.1, 0.15) is 125 Å². The molecule has 4 aliphatic rings. The van der Waals surface area contributed by atoms with E-state index in [1.165, 1.54) is 34.4 Å². The molecule has 13 aromatic rings. The number of ketones is 1. The summed E-state index contributed by atoms with van der Waals surface area (Å²) < 4.78 is 40.8. The fourth-order valence-corrected chi connectivity index (χ4v) is 14.9. The van der Waals surface area contributed by atoms with E-state index in [9.17, 15) is 9.59 Å². The lowest BCUT2D eigenvalue weighted by atomic mass is 10.0. The molecule has 0 aliphatic carbocycles. The summed E-state index contributed by atoms with van der Waals surface area (Å²) in [6, 6.07) is 47.8. The topological polar surface area (TPSA) is 271 Å². The van der Waals surface area contributed by atoms with Gasteiger partial charge in [-0.15, -0.1) is 0 Å². The number of methoxy groups -OCH3 is 3. The largest absolute Gasteiger partial charge is 0.497 e. The van der Waals surface area contributed by atoms with Crippen molar-refractivity contribution in [2.75, 3.05) is 55.2 Å². The Bertz CT molecular complexity index is 7010. The first kappa shape index (κ1) is 81.7. The number of fused-ring (bicyclic) bond motifs is 4. The van der Waals surface area contributed by atoms with Gasteiger partial charge >= 0.3 is 6.09 Å². The molecule has 0 spiro atoms. The maximum Gasteiger partial charge on any atom is 0.419 e. The predicted octanol–water partition coefficient (Wildman–Crippen LogP) is 10.8. The summed E-state index contributed by atoms with van der Waals surface area (Å²) in [5, 5.41) is 12.2. The van der Waals surface area contributed by atoms with Crippen LogP contribution in [0.15, 0.2) is 200 Å². The van der Waals surface area contributed by atoms with Gasteiger partial charge in [-0.25, -0.2) is 29.3 Å². The first-order valence-corrected chi connectivity index (χ1v) is 39.8. The Hall–Kier alpha value is -13.9. The van der Waals surface area contributed by atoms with E-state index < -0.39 is 11.7 Å². The number of hydrogen-bond acceptors (Lipinski definition) is 14. The highest BCUT2D eigenvalue weighted by Crippen LogP contribution is 2.32. The number of aryl methyl sites for hydroxylation is 8. The number of para-hydroxylation sites is 3. The fraction of sp³-hybridized carbons (Fsp3) is 0.237. The predicted molar refractivity (Wildman–Crippen MR) is 470 cm³/mol. The Morgan fingerprint density at radius 1 is 0.521 bits per heavy atom. The third-order valence-electron chi connectivity index (χ3n) is 20.4. The molecule has 7 N–H and O–H groups in total. The fourth-order valence-electron chi connectivity index (χ4n) is 14.9. The lowest BCUT2D eigenvalue weighted by Crippen LogP contribution is -2.28. The zero-order valence-electron chi connectivity index (χ0n) is 70.7. The van der Waals surface area contributed by atoms with E-state index in [0.717, 1.165) is 151 Å². The molecule has 13 heterocycles. The van der Waals surface area contributed by atoms with Crippen LogP contribution in [0.2, 0.25) is 0 Å². The van der Waals surface area contributed by atoms with Gasteiger partial charge in [0, 0.05) is 97.4 Å². The lowest BCUT2D eigenvalue weighted by molar-refractivity contribution is 0.0543. The molecule has 17 rings (SSSR count). The minimum atomic E-state index is -0.642. The number of rotatable bonds is 17. The Kier molecular flexibility index (Phi) is 24.0. The van der Waals surface area contributed by atoms with Crippen LogP contribution < -0.4 is 82.8 Å². The molecular weight excluding hydrogens is 1490 g/mol. The molecule has 0 saturated carbocycles. The minimum absolute atomic E-state index is 0.132. The van der Waals surface area contributed by atoms with Gasteiger partial charge in [0.1, 0.15) is 46.3 Å². The van der Waals surface area contributed by atoms with E-state index in [-0.39, 0.29) is 5.78 Å². The van der Waals surface area contributed by atoms with Gasteiger partial charge in [-0.3, -0.25) is 4.79 Å². The average molecular weight is 1590 g/mol. The van der Waals surface area contributed by atoms with E-state index in [4.69, 9.17) is 52.8 Å². The van der Waals surface area contributed by atoms with Gasteiger partial charge in [0.15, 0.2) is 5.78 Å². The van der Waals surface area contributed by atoms with Crippen molar-refractivity contribution in [1.82, 2.24) is 44.4 Å². The van der Waals surface area contributed by atoms with Crippen LogP contribution in [0.3, 0.4) is 0 Å².